The number of carbonyl (C=O) groups excluding carboxylic acids is 1. The topological polar surface area (TPSA) is 44.8 Å². The lowest BCUT2D eigenvalue weighted by molar-refractivity contribution is -0.0271. The van der Waals surface area contributed by atoms with Gasteiger partial charge in [0, 0.05) is 38.7 Å². The molecular weight excluding hydrogens is 381 g/mol. The lowest BCUT2D eigenvalue weighted by Gasteiger charge is -2.33. The molecule has 6 heteroatoms. The second-order valence-electron chi connectivity index (χ2n) is 8.14. The Morgan fingerprint density at radius 3 is 2.53 bits per heavy atom. The van der Waals surface area contributed by atoms with Gasteiger partial charge in [-0.25, -0.2) is 9.18 Å². The van der Waals surface area contributed by atoms with Crippen molar-refractivity contribution in [3.8, 4) is 0 Å². The fourth-order valence-electron chi connectivity index (χ4n) is 3.78. The normalized spacial score (nSPS) is 18.9. The molecule has 1 fully saturated rings. The zero-order valence-corrected chi connectivity index (χ0v) is 17.9. The highest BCUT2D eigenvalue weighted by Crippen LogP contribution is 2.33. The molecule has 1 N–H and O–H groups in total. The van der Waals surface area contributed by atoms with Crippen molar-refractivity contribution in [2.24, 2.45) is 5.92 Å². The van der Waals surface area contributed by atoms with E-state index >= 15 is 0 Å². The number of carbonyl (C=O) groups is 1. The Morgan fingerprint density at radius 2 is 1.83 bits per heavy atom. The van der Waals surface area contributed by atoms with Crippen LogP contribution in [0.2, 0.25) is 0 Å². The fourth-order valence-corrected chi connectivity index (χ4v) is 3.78. The Hall–Kier alpha value is -2.44. The Labute approximate surface area is 178 Å². The summed E-state index contributed by atoms with van der Waals surface area (Å²) in [6, 6.07) is 16.4. The summed E-state index contributed by atoms with van der Waals surface area (Å²) in [6.07, 6.45) is 2.03. The maximum absolute atomic E-state index is 13.2. The molecule has 0 saturated carbocycles. The molecule has 1 aliphatic rings. The third-order valence-corrected chi connectivity index (χ3v) is 5.48. The van der Waals surface area contributed by atoms with Gasteiger partial charge >= 0.3 is 6.03 Å². The number of nitrogens with zero attached hydrogens (tertiary/aromatic N) is 2. The van der Waals surface area contributed by atoms with Crippen LogP contribution in [0.3, 0.4) is 0 Å². The summed E-state index contributed by atoms with van der Waals surface area (Å²) in [6.45, 7) is 3.13. The molecule has 2 atom stereocenters. The van der Waals surface area contributed by atoms with Crippen molar-refractivity contribution in [1.29, 1.82) is 0 Å². The Balaban J connectivity index is 1.62. The van der Waals surface area contributed by atoms with Gasteiger partial charge in [-0.05, 0) is 50.2 Å². The molecule has 1 aliphatic heterocycles. The predicted molar refractivity (Wildman–Crippen MR) is 117 cm³/mol. The minimum Gasteiger partial charge on any atom is -0.373 e. The molecule has 0 unspecified atom stereocenters. The van der Waals surface area contributed by atoms with Crippen LogP contribution in [0, 0.1) is 11.7 Å². The lowest BCUT2D eigenvalue weighted by atomic mass is 9.89. The van der Waals surface area contributed by atoms with Crippen LogP contribution < -0.4 is 5.32 Å². The first kappa shape index (κ1) is 22.2. The molecule has 0 aromatic heterocycles. The molecule has 0 spiro atoms. The van der Waals surface area contributed by atoms with Gasteiger partial charge in [-0.15, -0.1) is 0 Å². The smallest absolute Gasteiger partial charge is 0.317 e. The maximum Gasteiger partial charge on any atom is 0.317 e. The quantitative estimate of drug-likeness (QED) is 0.710. The van der Waals surface area contributed by atoms with E-state index in [4.69, 9.17) is 4.74 Å². The molecule has 1 saturated heterocycles. The van der Waals surface area contributed by atoms with Gasteiger partial charge in [0.25, 0.3) is 0 Å². The van der Waals surface area contributed by atoms with Crippen molar-refractivity contribution < 1.29 is 13.9 Å². The van der Waals surface area contributed by atoms with E-state index in [1.54, 1.807) is 17.0 Å². The molecule has 2 aromatic rings. The molecule has 30 heavy (non-hydrogen) atoms. The fraction of sp³-hybridized carbons (Fsp3) is 0.458. The van der Waals surface area contributed by atoms with Crippen molar-refractivity contribution in [3.05, 3.63) is 71.5 Å². The highest BCUT2D eigenvalue weighted by molar-refractivity contribution is 5.74. The van der Waals surface area contributed by atoms with Gasteiger partial charge in [0.1, 0.15) is 5.82 Å². The molecular formula is C24H32FN3O2. The third-order valence-electron chi connectivity index (χ3n) is 5.48. The molecule has 0 radical (unpaired) electrons. The van der Waals surface area contributed by atoms with E-state index in [-0.39, 0.29) is 23.9 Å². The summed E-state index contributed by atoms with van der Waals surface area (Å²) in [5.41, 5.74) is 2.07. The number of amides is 2. The van der Waals surface area contributed by atoms with Crippen LogP contribution in [0.15, 0.2) is 54.6 Å². The van der Waals surface area contributed by atoms with Gasteiger partial charge in [0.05, 0.1) is 6.10 Å². The first-order valence-corrected chi connectivity index (χ1v) is 10.6. The van der Waals surface area contributed by atoms with Crippen molar-refractivity contribution >= 4 is 6.03 Å². The highest BCUT2D eigenvalue weighted by Gasteiger charge is 2.28. The van der Waals surface area contributed by atoms with Crippen molar-refractivity contribution in [1.82, 2.24) is 15.1 Å². The summed E-state index contributed by atoms with van der Waals surface area (Å²) in [4.78, 5) is 16.8. The molecule has 3 rings (SSSR count). The van der Waals surface area contributed by atoms with Crippen molar-refractivity contribution in [3.63, 3.8) is 0 Å². The van der Waals surface area contributed by atoms with Gasteiger partial charge in [-0.3, -0.25) is 0 Å². The average molecular weight is 414 g/mol. The minimum atomic E-state index is -0.271. The van der Waals surface area contributed by atoms with E-state index in [0.717, 1.165) is 37.1 Å². The Kier molecular flexibility index (Phi) is 8.22. The first-order chi connectivity index (χ1) is 14.5. The SMILES string of the molecule is CN(C)CCN(Cc1ccc(F)cc1)C(=O)NC[C@H]1CCCO[C@H]1c1ccccc1. The van der Waals surface area contributed by atoms with Crippen LogP contribution in [0.5, 0.6) is 0 Å². The predicted octanol–water partition coefficient (Wildman–Crippen LogP) is 4.07. The number of hydrogen-bond donors (Lipinski definition) is 1. The standard InChI is InChI=1S/C24H32FN3O2/c1-27(2)14-15-28(18-19-10-12-22(25)13-11-19)24(29)26-17-21-9-6-16-30-23(21)20-7-4-3-5-8-20/h3-5,7-8,10-13,21,23H,6,9,14-18H2,1-2H3,(H,26,29)/t21-,23+/m1/s1. The van der Waals surface area contributed by atoms with Gasteiger partial charge in [-0.2, -0.15) is 0 Å². The van der Waals surface area contributed by atoms with Crippen LogP contribution in [0.4, 0.5) is 9.18 Å². The summed E-state index contributed by atoms with van der Waals surface area (Å²) in [5, 5.41) is 3.12. The average Bonchev–Trinajstić information content (AvgIpc) is 2.77. The van der Waals surface area contributed by atoms with E-state index in [9.17, 15) is 9.18 Å². The number of rotatable bonds is 8. The Morgan fingerprint density at radius 1 is 1.10 bits per heavy atom. The number of halogens is 1. The van der Waals surface area contributed by atoms with Gasteiger partial charge in [0.2, 0.25) is 0 Å². The van der Waals surface area contributed by atoms with Crippen molar-refractivity contribution in [2.45, 2.75) is 25.5 Å². The number of nitrogens with one attached hydrogen (secondary N) is 1. The number of likely N-dealkylation sites (N-methyl/N-ethyl adjacent to an activating group) is 1. The monoisotopic (exact) mass is 413 g/mol. The van der Waals surface area contributed by atoms with E-state index in [2.05, 4.69) is 17.4 Å². The van der Waals surface area contributed by atoms with Gasteiger partial charge in [0.15, 0.2) is 0 Å². The second kappa shape index (κ2) is 11.1. The summed E-state index contributed by atoms with van der Waals surface area (Å²) in [7, 11) is 3.97. The number of ether oxygens (including phenoxy) is 1. The van der Waals surface area contributed by atoms with Crippen molar-refractivity contribution in [2.75, 3.05) is 40.3 Å². The summed E-state index contributed by atoms with van der Waals surface area (Å²) in [5.74, 6) is -0.0288. The number of benzene rings is 2. The van der Waals surface area contributed by atoms with E-state index in [1.807, 2.05) is 37.2 Å². The molecule has 0 bridgehead atoms. The summed E-state index contributed by atoms with van der Waals surface area (Å²) < 4.78 is 19.3. The third kappa shape index (κ3) is 6.54. The first-order valence-electron chi connectivity index (χ1n) is 10.6. The zero-order valence-electron chi connectivity index (χ0n) is 17.9. The van der Waals surface area contributed by atoms with E-state index in [0.29, 0.717) is 19.6 Å². The van der Waals surface area contributed by atoms with Gasteiger partial charge < -0.3 is 19.9 Å². The highest BCUT2D eigenvalue weighted by atomic mass is 19.1. The lowest BCUT2D eigenvalue weighted by Crippen LogP contribution is -2.45. The molecule has 5 nitrogen and oxygen atoms in total. The molecule has 162 valence electrons. The molecule has 2 aromatic carbocycles. The number of urea groups is 1. The van der Waals surface area contributed by atoms with Crippen LogP contribution in [0.1, 0.15) is 30.1 Å². The Bertz CT molecular complexity index is 783. The summed E-state index contributed by atoms with van der Waals surface area (Å²) >= 11 is 0. The van der Waals surface area contributed by atoms with Crippen LogP contribution >= 0.6 is 0 Å². The molecule has 2 amide bonds. The van der Waals surface area contributed by atoms with E-state index < -0.39 is 0 Å². The zero-order chi connectivity index (χ0) is 21.3. The van der Waals surface area contributed by atoms with Crippen LogP contribution in [-0.2, 0) is 11.3 Å². The molecule has 1 heterocycles. The van der Waals surface area contributed by atoms with Crippen LogP contribution in [0.25, 0.3) is 0 Å². The largest absolute Gasteiger partial charge is 0.373 e. The second-order valence-corrected chi connectivity index (χ2v) is 8.14. The molecule has 0 aliphatic carbocycles. The van der Waals surface area contributed by atoms with E-state index in [1.165, 1.54) is 12.1 Å². The number of hydrogen-bond acceptors (Lipinski definition) is 3. The minimum absolute atomic E-state index is 0.00701. The maximum atomic E-state index is 13.2. The van der Waals surface area contributed by atoms with Gasteiger partial charge in [-0.1, -0.05) is 42.5 Å². The van der Waals surface area contributed by atoms with Crippen LogP contribution in [-0.4, -0.2) is 56.2 Å².